The van der Waals surface area contributed by atoms with Crippen LogP contribution in [0.15, 0.2) is 0 Å². The van der Waals surface area contributed by atoms with E-state index in [1.54, 1.807) is 0 Å². The molecule has 286 valence electrons. The Kier molecular flexibility index (Phi) is 39.5. The van der Waals surface area contributed by atoms with Gasteiger partial charge in [-0.1, -0.05) is 0 Å². The molecule has 0 aliphatic carbocycles. The van der Waals surface area contributed by atoms with Gasteiger partial charge < -0.3 is 76.3 Å². The Morgan fingerprint density at radius 3 is 1.55 bits per heavy atom. The summed E-state index contributed by atoms with van der Waals surface area (Å²) < 4.78 is 118. The van der Waals surface area contributed by atoms with Gasteiger partial charge in [-0.3, -0.25) is 9.59 Å². The van der Waals surface area contributed by atoms with Crippen molar-refractivity contribution in [2.24, 2.45) is 0 Å². The van der Waals surface area contributed by atoms with Gasteiger partial charge >= 0.3 is 130 Å². The van der Waals surface area contributed by atoms with Gasteiger partial charge in [0, 0.05) is 24.8 Å². The number of cyclic esters (lactones) is 1. The molecule has 0 N–H and O–H groups in total. The summed E-state index contributed by atoms with van der Waals surface area (Å²) in [6, 6.07) is 0. The van der Waals surface area contributed by atoms with E-state index in [0.29, 0.717) is 0 Å². The van der Waals surface area contributed by atoms with Crippen molar-refractivity contribution in [3.63, 3.8) is 0 Å². The average Bonchev–Trinajstić information content (AvgIpc) is 3.00. The summed E-state index contributed by atoms with van der Waals surface area (Å²) >= 11 is 0. The molecule has 1 fully saturated rings. The Morgan fingerprint density at radius 2 is 1.11 bits per heavy atom. The summed E-state index contributed by atoms with van der Waals surface area (Å²) in [4.78, 5) is 46.7. The first-order chi connectivity index (χ1) is 23.1. The topological polar surface area (TPSA) is 321 Å². The predicted molar refractivity (Wildman–Crippen MR) is 148 cm³/mol. The summed E-state index contributed by atoms with van der Waals surface area (Å²) in [5.41, 5.74) is 0. The van der Waals surface area contributed by atoms with Crippen LogP contribution in [0.4, 0.5) is 0 Å². The van der Waals surface area contributed by atoms with Crippen LogP contribution >= 0.6 is 0 Å². The monoisotopic (exact) mass is 846 g/mol. The summed E-state index contributed by atoms with van der Waals surface area (Å²) in [5, 5.41) is 19.6. The molecule has 3 atom stereocenters. The van der Waals surface area contributed by atoms with E-state index >= 15 is 0 Å². The van der Waals surface area contributed by atoms with Crippen molar-refractivity contribution in [2.75, 3.05) is 106 Å². The van der Waals surface area contributed by atoms with Gasteiger partial charge in [0.05, 0.1) is 92.5 Å². The number of carboxylic acid groups (broad SMARTS) is 2. The molecule has 0 amide bonds. The molecule has 0 bridgehead atoms. The van der Waals surface area contributed by atoms with Crippen molar-refractivity contribution in [1.82, 2.24) is 0 Å². The van der Waals surface area contributed by atoms with Gasteiger partial charge in [-0.05, 0) is 0 Å². The minimum Gasteiger partial charge on any atom is -0.747 e. The van der Waals surface area contributed by atoms with Gasteiger partial charge in [-0.15, -0.1) is 0 Å². The van der Waals surface area contributed by atoms with Crippen LogP contribution in [-0.4, -0.2) is 172 Å². The van der Waals surface area contributed by atoms with Crippen LogP contribution in [0, 0.1) is 0 Å². The molecular formula is C25H38Na4O22S2. The second-order valence-corrected chi connectivity index (χ2v) is 12.7. The summed E-state index contributed by atoms with van der Waals surface area (Å²) in [7, 11) is -11.1. The largest absolute Gasteiger partial charge is 1.00 e. The SMILES string of the molecule is O=C([O-])CC(C(=O)OCCOCCOCCOCCOC1OCCOCCOCCOCCOC(=O)C1(CC(=O)[O-])S(=O)(=O)[O-])S(=O)(=O)[O-].[Na+].[Na+].[Na+].[Na+]. The fourth-order valence-corrected chi connectivity index (χ4v) is 5.24. The van der Waals surface area contributed by atoms with Gasteiger partial charge in [-0.2, -0.15) is 0 Å². The van der Waals surface area contributed by atoms with Crippen molar-refractivity contribution < 1.29 is 221 Å². The number of hydrogen-bond acceptors (Lipinski definition) is 22. The van der Waals surface area contributed by atoms with Crippen molar-refractivity contribution in [3.8, 4) is 0 Å². The van der Waals surface area contributed by atoms with Gasteiger partial charge in [0.25, 0.3) is 0 Å². The molecule has 1 aliphatic heterocycles. The van der Waals surface area contributed by atoms with Crippen LogP contribution in [0.1, 0.15) is 12.8 Å². The predicted octanol–water partition coefficient (Wildman–Crippen LogP) is -18.0. The van der Waals surface area contributed by atoms with Crippen molar-refractivity contribution in [1.29, 1.82) is 0 Å². The van der Waals surface area contributed by atoms with E-state index < -0.39 is 99.7 Å². The van der Waals surface area contributed by atoms with Crippen LogP contribution in [0.2, 0.25) is 0 Å². The molecule has 1 aliphatic rings. The Morgan fingerprint density at radius 1 is 0.679 bits per heavy atom. The van der Waals surface area contributed by atoms with Gasteiger partial charge in [0.15, 0.2) is 11.5 Å². The Balaban J connectivity index is -0.00000300. The molecule has 0 aromatic heterocycles. The van der Waals surface area contributed by atoms with Gasteiger partial charge in [0.2, 0.25) is 4.75 Å². The Hall–Kier alpha value is 1.38. The smallest absolute Gasteiger partial charge is 0.747 e. The van der Waals surface area contributed by atoms with Crippen LogP contribution in [0.3, 0.4) is 0 Å². The summed E-state index contributed by atoms with van der Waals surface area (Å²) in [6.07, 6.45) is -5.29. The third kappa shape index (κ3) is 26.2. The van der Waals surface area contributed by atoms with E-state index in [0.717, 1.165) is 0 Å². The Labute approximate surface area is 395 Å². The number of carboxylic acids is 2. The molecule has 53 heavy (non-hydrogen) atoms. The zero-order valence-corrected chi connectivity index (χ0v) is 39.8. The summed E-state index contributed by atoms with van der Waals surface area (Å²) in [6.45, 7) is -2.45. The first-order valence-electron chi connectivity index (χ1n) is 14.5. The van der Waals surface area contributed by atoms with Crippen molar-refractivity contribution in [3.05, 3.63) is 0 Å². The minimum atomic E-state index is -5.84. The first kappa shape index (κ1) is 61.0. The van der Waals surface area contributed by atoms with E-state index in [4.69, 9.17) is 42.6 Å². The van der Waals surface area contributed by atoms with E-state index in [2.05, 4.69) is 4.74 Å². The molecule has 0 aromatic rings. The third-order valence-electron chi connectivity index (χ3n) is 5.96. The zero-order valence-electron chi connectivity index (χ0n) is 30.2. The first-order valence-corrected chi connectivity index (χ1v) is 17.3. The fourth-order valence-electron chi connectivity index (χ4n) is 3.67. The molecule has 1 rings (SSSR count). The van der Waals surface area contributed by atoms with Crippen LogP contribution in [0.25, 0.3) is 0 Å². The van der Waals surface area contributed by atoms with Gasteiger partial charge in [0.1, 0.15) is 33.5 Å². The minimum absolute atomic E-state index is 0. The van der Waals surface area contributed by atoms with E-state index in [1.807, 2.05) is 0 Å². The summed E-state index contributed by atoms with van der Waals surface area (Å²) in [5.74, 6) is -7.33. The standard InChI is InChI=1S/C25H42O22S2.4Na/c26-20(27)17-19(48(32,33)34)22(30)44-13-9-40-5-1-38-3-7-42-11-15-46-24-25(18-21(28)29,49(35,36)37)23(31)45-14-10-41-6-2-39-4-8-43-12-16-47-24;;;;/h19,24H,1-18H2,(H,26,27)(H,28,29)(H,32,33,34)(H,35,36,37);;;;/q;4*+1/p-4. The van der Waals surface area contributed by atoms with Crippen molar-refractivity contribution >= 4 is 44.1 Å². The average molecular weight is 847 g/mol. The Bertz CT molecular complexity index is 1240. The molecule has 0 aromatic carbocycles. The maximum Gasteiger partial charge on any atom is 1.00 e. The second kappa shape index (κ2) is 34.3. The third-order valence-corrected chi connectivity index (χ3v) is 8.41. The molecule has 3 unspecified atom stereocenters. The number of aliphatic carboxylic acids is 2. The van der Waals surface area contributed by atoms with Crippen LogP contribution in [0.5, 0.6) is 0 Å². The molecule has 0 saturated carbocycles. The number of rotatable bonds is 20. The normalized spacial score (nSPS) is 19.7. The zero-order chi connectivity index (χ0) is 36.8. The van der Waals surface area contributed by atoms with E-state index in [-0.39, 0.29) is 198 Å². The van der Waals surface area contributed by atoms with Crippen LogP contribution < -0.4 is 128 Å². The molecule has 28 heteroatoms. The number of carbonyl (C=O) groups is 4. The van der Waals surface area contributed by atoms with Crippen molar-refractivity contribution in [2.45, 2.75) is 29.1 Å². The quantitative estimate of drug-likeness (QED) is 0.0475. The number of hydrogen-bond donors (Lipinski definition) is 0. The molecule has 1 saturated heterocycles. The molecule has 0 spiro atoms. The number of carbonyl (C=O) groups excluding carboxylic acids is 4. The molecule has 1 heterocycles. The maximum atomic E-state index is 13.0. The fraction of sp³-hybridized carbons (Fsp3) is 0.840. The molecule has 22 nitrogen and oxygen atoms in total. The van der Waals surface area contributed by atoms with Gasteiger partial charge in [-0.25, -0.2) is 16.8 Å². The molecule has 0 radical (unpaired) electrons. The second-order valence-electron chi connectivity index (χ2n) is 9.50. The number of ether oxygens (including phenoxy) is 10. The maximum absolute atomic E-state index is 13.0. The van der Waals surface area contributed by atoms with Crippen LogP contribution in [-0.2, 0) is 86.8 Å². The van der Waals surface area contributed by atoms with E-state index in [1.165, 1.54) is 0 Å². The van der Waals surface area contributed by atoms with E-state index in [9.17, 15) is 55.3 Å². The molecular weight excluding hydrogens is 808 g/mol. The number of esters is 2.